The van der Waals surface area contributed by atoms with E-state index < -0.39 is 33.9 Å². The second-order valence-electron chi connectivity index (χ2n) is 6.04. The van der Waals surface area contributed by atoms with Crippen molar-refractivity contribution < 1.29 is 32.0 Å². The van der Waals surface area contributed by atoms with Gasteiger partial charge in [-0.05, 0) is 29.8 Å². The van der Waals surface area contributed by atoms with Gasteiger partial charge < -0.3 is 9.47 Å². The number of ether oxygens (including phenoxy) is 2. The number of benzene rings is 2. The maximum atomic E-state index is 12.2. The van der Waals surface area contributed by atoms with Gasteiger partial charge in [-0.3, -0.25) is 14.1 Å². The van der Waals surface area contributed by atoms with Crippen molar-refractivity contribution in [3.8, 4) is 5.75 Å². The third-order valence-electron chi connectivity index (χ3n) is 4.06. The molecule has 1 N–H and O–H groups in total. The van der Waals surface area contributed by atoms with E-state index in [9.17, 15) is 18.0 Å². The first-order chi connectivity index (χ1) is 12.7. The largest absolute Gasteiger partial charge is 0.461 e. The van der Waals surface area contributed by atoms with Crippen LogP contribution in [0.5, 0.6) is 5.75 Å². The summed E-state index contributed by atoms with van der Waals surface area (Å²) in [6, 6.07) is 13.9. The molecular weight excluding hydrogens is 372 g/mol. The lowest BCUT2D eigenvalue weighted by molar-refractivity contribution is -0.156. The molecular formula is C19H20O7S. The molecule has 2 aromatic rings. The highest BCUT2D eigenvalue weighted by molar-refractivity contribution is 7.85. The molecule has 2 atom stereocenters. The van der Waals surface area contributed by atoms with Gasteiger partial charge in [-0.15, -0.1) is 0 Å². The molecule has 144 valence electrons. The zero-order chi connectivity index (χ0) is 20.0. The molecule has 0 heterocycles. The van der Waals surface area contributed by atoms with Crippen molar-refractivity contribution in [1.82, 2.24) is 0 Å². The van der Waals surface area contributed by atoms with Crippen molar-refractivity contribution >= 4 is 22.1 Å². The lowest BCUT2D eigenvalue weighted by Gasteiger charge is -2.17. The summed E-state index contributed by atoms with van der Waals surface area (Å²) in [5, 5.41) is 0. The summed E-state index contributed by atoms with van der Waals surface area (Å²) in [5.41, 5.74) is 0.840. The van der Waals surface area contributed by atoms with Crippen LogP contribution in [0.2, 0.25) is 0 Å². The molecule has 0 saturated heterocycles. The summed E-state index contributed by atoms with van der Waals surface area (Å²) in [7, 11) is -4.32. The predicted octanol–water partition coefficient (Wildman–Crippen LogP) is 2.85. The first-order valence-corrected chi connectivity index (χ1v) is 9.62. The predicted molar refractivity (Wildman–Crippen MR) is 96.5 cm³/mol. The maximum Gasteiger partial charge on any atom is 0.314 e. The third kappa shape index (κ3) is 5.90. The summed E-state index contributed by atoms with van der Waals surface area (Å²) in [6.07, 6.45) is 0. The van der Waals surface area contributed by atoms with E-state index in [1.54, 1.807) is 13.8 Å². The van der Waals surface area contributed by atoms with Crippen LogP contribution < -0.4 is 4.74 Å². The van der Waals surface area contributed by atoms with Gasteiger partial charge in [-0.25, -0.2) is 0 Å². The number of carbonyl (C=O) groups is 2. The molecule has 0 aliphatic heterocycles. The Balaban J connectivity index is 1.92. The number of carbonyl (C=O) groups excluding carboxylic acids is 2. The second-order valence-corrected chi connectivity index (χ2v) is 7.46. The molecule has 0 saturated carbocycles. The van der Waals surface area contributed by atoms with Gasteiger partial charge in [0.1, 0.15) is 12.4 Å². The molecule has 0 aliphatic carbocycles. The van der Waals surface area contributed by atoms with Crippen LogP contribution in [0, 0.1) is 11.8 Å². The minimum Gasteiger partial charge on any atom is -0.461 e. The fourth-order valence-corrected chi connectivity index (χ4v) is 2.64. The molecule has 0 bridgehead atoms. The average Bonchev–Trinajstić information content (AvgIpc) is 2.65. The molecule has 7 nitrogen and oxygen atoms in total. The molecule has 0 spiro atoms. The standard InChI is InChI=1S/C19H20O7S/c1-13(18(20)25-12-15-6-4-3-5-7-15)14(2)19(21)26-16-8-10-17(11-9-16)27(22,23)24/h3-11,13-14H,12H2,1-2H3,(H,22,23,24). The Hall–Kier alpha value is -2.71. The van der Waals surface area contributed by atoms with Crippen molar-refractivity contribution in [3.05, 3.63) is 60.2 Å². The molecule has 27 heavy (non-hydrogen) atoms. The zero-order valence-electron chi connectivity index (χ0n) is 14.9. The molecule has 0 fully saturated rings. The lowest BCUT2D eigenvalue weighted by Crippen LogP contribution is -2.30. The summed E-state index contributed by atoms with van der Waals surface area (Å²) >= 11 is 0. The Kier molecular flexibility index (Phi) is 6.70. The molecule has 2 unspecified atom stereocenters. The quantitative estimate of drug-likeness (QED) is 0.438. The first-order valence-electron chi connectivity index (χ1n) is 8.18. The summed E-state index contributed by atoms with van der Waals surface area (Å²) in [6.45, 7) is 3.23. The number of esters is 2. The zero-order valence-corrected chi connectivity index (χ0v) is 15.7. The SMILES string of the molecule is CC(C(=O)OCc1ccccc1)C(C)C(=O)Oc1ccc(S(=O)(=O)O)cc1. The molecule has 0 amide bonds. The van der Waals surface area contributed by atoms with Gasteiger partial charge in [-0.1, -0.05) is 44.2 Å². The van der Waals surface area contributed by atoms with Crippen molar-refractivity contribution in [2.45, 2.75) is 25.3 Å². The summed E-state index contributed by atoms with van der Waals surface area (Å²) in [5.74, 6) is -2.57. The van der Waals surface area contributed by atoms with Gasteiger partial charge in [0.15, 0.2) is 0 Å². The van der Waals surface area contributed by atoms with Crippen LogP contribution >= 0.6 is 0 Å². The molecule has 0 aliphatic rings. The van der Waals surface area contributed by atoms with Crippen LogP contribution in [0.15, 0.2) is 59.5 Å². The van der Waals surface area contributed by atoms with E-state index in [0.29, 0.717) is 0 Å². The van der Waals surface area contributed by atoms with Crippen molar-refractivity contribution in [3.63, 3.8) is 0 Å². The van der Waals surface area contributed by atoms with E-state index in [-0.39, 0.29) is 17.3 Å². The summed E-state index contributed by atoms with van der Waals surface area (Å²) < 4.78 is 41.3. The van der Waals surface area contributed by atoms with Crippen LogP contribution in [0.3, 0.4) is 0 Å². The molecule has 2 aromatic carbocycles. The third-order valence-corrected chi connectivity index (χ3v) is 4.93. The molecule has 0 radical (unpaired) electrons. The van der Waals surface area contributed by atoms with Crippen molar-refractivity contribution in [2.75, 3.05) is 0 Å². The number of rotatable bonds is 7. The van der Waals surface area contributed by atoms with Crippen LogP contribution in [0.4, 0.5) is 0 Å². The minimum atomic E-state index is -4.32. The topological polar surface area (TPSA) is 107 Å². The number of hydrogen-bond donors (Lipinski definition) is 1. The Bertz CT molecular complexity index is 889. The Morgan fingerprint density at radius 2 is 1.48 bits per heavy atom. The van der Waals surface area contributed by atoms with Crippen LogP contribution in [0.25, 0.3) is 0 Å². The fourth-order valence-electron chi connectivity index (χ4n) is 2.16. The van der Waals surface area contributed by atoms with Crippen LogP contribution in [0.1, 0.15) is 19.4 Å². The van der Waals surface area contributed by atoms with Gasteiger partial charge in [0.05, 0.1) is 16.7 Å². The highest BCUT2D eigenvalue weighted by Gasteiger charge is 2.29. The van der Waals surface area contributed by atoms with Gasteiger partial charge in [0.25, 0.3) is 10.1 Å². The monoisotopic (exact) mass is 392 g/mol. The van der Waals surface area contributed by atoms with E-state index in [1.807, 2.05) is 30.3 Å². The van der Waals surface area contributed by atoms with E-state index >= 15 is 0 Å². The van der Waals surface area contributed by atoms with E-state index in [2.05, 4.69) is 0 Å². The fraction of sp³-hybridized carbons (Fsp3) is 0.263. The molecule has 0 aromatic heterocycles. The Morgan fingerprint density at radius 3 is 2.04 bits per heavy atom. The van der Waals surface area contributed by atoms with Gasteiger partial charge in [0.2, 0.25) is 0 Å². The lowest BCUT2D eigenvalue weighted by atomic mass is 9.96. The maximum absolute atomic E-state index is 12.2. The van der Waals surface area contributed by atoms with Gasteiger partial charge >= 0.3 is 11.9 Å². The minimum absolute atomic E-state index is 0.101. The Morgan fingerprint density at radius 1 is 0.926 bits per heavy atom. The van der Waals surface area contributed by atoms with E-state index in [4.69, 9.17) is 14.0 Å². The van der Waals surface area contributed by atoms with Crippen LogP contribution in [-0.4, -0.2) is 24.9 Å². The molecule has 8 heteroatoms. The normalized spacial score (nSPS) is 13.4. The van der Waals surface area contributed by atoms with E-state index in [0.717, 1.165) is 17.7 Å². The van der Waals surface area contributed by atoms with Crippen molar-refractivity contribution in [1.29, 1.82) is 0 Å². The highest BCUT2D eigenvalue weighted by atomic mass is 32.2. The van der Waals surface area contributed by atoms with Crippen LogP contribution in [-0.2, 0) is 31.1 Å². The van der Waals surface area contributed by atoms with E-state index in [1.165, 1.54) is 12.1 Å². The first kappa shape index (κ1) is 20.6. The average molecular weight is 392 g/mol. The van der Waals surface area contributed by atoms with Crippen molar-refractivity contribution in [2.24, 2.45) is 11.8 Å². The summed E-state index contributed by atoms with van der Waals surface area (Å²) in [4.78, 5) is 24.1. The highest BCUT2D eigenvalue weighted by Crippen LogP contribution is 2.20. The number of hydrogen-bond acceptors (Lipinski definition) is 6. The Labute approximate surface area is 157 Å². The van der Waals surface area contributed by atoms with Gasteiger partial charge in [0, 0.05) is 0 Å². The smallest absolute Gasteiger partial charge is 0.314 e. The van der Waals surface area contributed by atoms with Gasteiger partial charge in [-0.2, -0.15) is 8.42 Å². The molecule has 2 rings (SSSR count). The second kappa shape index (κ2) is 8.79.